The van der Waals surface area contributed by atoms with E-state index in [2.05, 4.69) is 64.4 Å². The van der Waals surface area contributed by atoms with E-state index in [0.717, 1.165) is 29.1 Å². The number of hydrogen-bond donors (Lipinski definition) is 1. The van der Waals surface area contributed by atoms with Crippen molar-refractivity contribution in [2.24, 2.45) is 0 Å². The lowest BCUT2D eigenvalue weighted by atomic mass is 10.1. The molecule has 0 radical (unpaired) electrons. The van der Waals surface area contributed by atoms with Gasteiger partial charge in [-0.15, -0.1) is 0 Å². The first-order valence-corrected chi connectivity index (χ1v) is 8.22. The average molecular weight is 368 g/mol. The number of nitrogens with zero attached hydrogens (tertiary/aromatic N) is 1. The maximum atomic E-state index is 6.17. The van der Waals surface area contributed by atoms with E-state index >= 15 is 0 Å². The van der Waals surface area contributed by atoms with Gasteiger partial charge in [0.25, 0.3) is 0 Å². The van der Waals surface area contributed by atoms with Gasteiger partial charge >= 0.3 is 0 Å². The van der Waals surface area contributed by atoms with Gasteiger partial charge in [-0.1, -0.05) is 52.7 Å². The highest BCUT2D eigenvalue weighted by Gasteiger charge is 2.09. The first kappa shape index (κ1) is 16.3. The number of hydrogen-bond acceptors (Lipinski definition) is 2. The average Bonchev–Trinajstić information content (AvgIpc) is 2.46. The zero-order chi connectivity index (χ0) is 15.2. The fraction of sp³-hybridized carbons (Fsp3) is 0.294. The number of halogens is 2. The zero-order valence-corrected chi connectivity index (χ0v) is 14.7. The third kappa shape index (κ3) is 4.73. The molecule has 112 valence electrons. The minimum atomic E-state index is 0.770. The summed E-state index contributed by atoms with van der Waals surface area (Å²) in [5, 5.41) is 4.14. The number of rotatable bonds is 6. The van der Waals surface area contributed by atoms with Crippen molar-refractivity contribution in [3.63, 3.8) is 0 Å². The Balaban J connectivity index is 2.20. The van der Waals surface area contributed by atoms with Crippen molar-refractivity contribution >= 4 is 33.2 Å². The first-order chi connectivity index (χ1) is 10.1. The van der Waals surface area contributed by atoms with Gasteiger partial charge in [0.1, 0.15) is 0 Å². The van der Waals surface area contributed by atoms with E-state index < -0.39 is 0 Å². The Morgan fingerprint density at radius 3 is 2.71 bits per heavy atom. The van der Waals surface area contributed by atoms with Gasteiger partial charge in [-0.3, -0.25) is 0 Å². The second-order valence-corrected chi connectivity index (χ2v) is 6.39. The lowest BCUT2D eigenvalue weighted by Gasteiger charge is -2.23. The molecule has 2 rings (SSSR count). The predicted octanol–water partition coefficient (Wildman–Crippen LogP) is 4.85. The highest BCUT2D eigenvalue weighted by atomic mass is 79.9. The summed E-state index contributed by atoms with van der Waals surface area (Å²) in [5.41, 5.74) is 3.70. The number of benzene rings is 2. The van der Waals surface area contributed by atoms with Crippen molar-refractivity contribution < 1.29 is 0 Å². The molecule has 0 heterocycles. The third-order valence-electron chi connectivity index (χ3n) is 3.33. The largest absolute Gasteiger partial charge is 0.370 e. The first-order valence-electron chi connectivity index (χ1n) is 7.05. The Labute approximate surface area is 140 Å². The molecule has 0 aliphatic heterocycles. The summed E-state index contributed by atoms with van der Waals surface area (Å²) in [4.78, 5) is 2.24. The second kappa shape index (κ2) is 7.83. The molecule has 0 saturated carbocycles. The molecule has 0 aliphatic carbocycles. The summed E-state index contributed by atoms with van der Waals surface area (Å²) in [5.74, 6) is 0. The topological polar surface area (TPSA) is 15.3 Å². The van der Waals surface area contributed by atoms with E-state index in [9.17, 15) is 0 Å². The summed E-state index contributed by atoms with van der Waals surface area (Å²) in [6, 6.07) is 14.5. The van der Waals surface area contributed by atoms with Crippen molar-refractivity contribution in [1.29, 1.82) is 0 Å². The minimum absolute atomic E-state index is 0.770. The fourth-order valence-corrected chi connectivity index (χ4v) is 2.91. The summed E-state index contributed by atoms with van der Waals surface area (Å²) < 4.78 is 1.10. The van der Waals surface area contributed by atoms with Crippen LogP contribution in [0, 0.1) is 0 Å². The molecule has 1 N–H and O–H groups in total. The van der Waals surface area contributed by atoms with Crippen molar-refractivity contribution in [3.8, 4) is 0 Å². The van der Waals surface area contributed by atoms with Crippen LogP contribution >= 0.6 is 27.5 Å². The molecule has 0 aromatic heterocycles. The van der Waals surface area contributed by atoms with Gasteiger partial charge in [0.05, 0.1) is 0 Å². The summed E-state index contributed by atoms with van der Waals surface area (Å²) in [6.07, 6.45) is 0. The number of anilines is 1. The van der Waals surface area contributed by atoms with Crippen molar-refractivity contribution in [3.05, 3.63) is 63.1 Å². The van der Waals surface area contributed by atoms with Gasteiger partial charge in [-0.2, -0.15) is 0 Å². The van der Waals surface area contributed by atoms with Crippen LogP contribution in [-0.2, 0) is 13.1 Å². The van der Waals surface area contributed by atoms with Crippen LogP contribution in [-0.4, -0.2) is 13.6 Å². The van der Waals surface area contributed by atoms with Gasteiger partial charge in [0, 0.05) is 35.3 Å². The smallest absolute Gasteiger partial charge is 0.0427 e. The van der Waals surface area contributed by atoms with E-state index in [-0.39, 0.29) is 0 Å². The molecule has 0 fully saturated rings. The van der Waals surface area contributed by atoms with Crippen LogP contribution in [0.2, 0.25) is 5.02 Å². The summed E-state index contributed by atoms with van der Waals surface area (Å²) in [7, 11) is 2.10. The molecule has 0 aliphatic rings. The van der Waals surface area contributed by atoms with Crippen LogP contribution in [0.25, 0.3) is 0 Å². The van der Waals surface area contributed by atoms with Crippen molar-refractivity contribution in [2.45, 2.75) is 20.0 Å². The molecule has 0 spiro atoms. The Morgan fingerprint density at radius 2 is 2.00 bits per heavy atom. The van der Waals surface area contributed by atoms with Gasteiger partial charge in [-0.25, -0.2) is 0 Å². The molecule has 0 atom stereocenters. The molecule has 0 amide bonds. The second-order valence-electron chi connectivity index (χ2n) is 5.04. The summed E-state index contributed by atoms with van der Waals surface area (Å²) >= 11 is 9.69. The van der Waals surface area contributed by atoms with Crippen LogP contribution in [0.1, 0.15) is 18.1 Å². The van der Waals surface area contributed by atoms with Crippen LogP contribution in [0.3, 0.4) is 0 Å². The Bertz CT molecular complexity index is 601. The maximum Gasteiger partial charge on any atom is 0.0427 e. The molecule has 0 saturated heterocycles. The van der Waals surface area contributed by atoms with Crippen molar-refractivity contribution in [2.75, 3.05) is 18.5 Å². The highest BCUT2D eigenvalue weighted by Crippen LogP contribution is 2.26. The Morgan fingerprint density at radius 1 is 1.19 bits per heavy atom. The predicted molar refractivity (Wildman–Crippen MR) is 95.1 cm³/mol. The lowest BCUT2D eigenvalue weighted by molar-refractivity contribution is 0.723. The van der Waals surface area contributed by atoms with Crippen LogP contribution in [0.15, 0.2) is 46.9 Å². The van der Waals surface area contributed by atoms with Crippen LogP contribution in [0.5, 0.6) is 0 Å². The van der Waals surface area contributed by atoms with E-state index in [4.69, 9.17) is 11.6 Å². The molecule has 2 nitrogen and oxygen atoms in total. The summed E-state index contributed by atoms with van der Waals surface area (Å²) in [6.45, 7) is 4.77. The lowest BCUT2D eigenvalue weighted by Crippen LogP contribution is -2.20. The van der Waals surface area contributed by atoms with Crippen LogP contribution < -0.4 is 10.2 Å². The van der Waals surface area contributed by atoms with E-state index in [0.29, 0.717) is 0 Å². The Hall–Kier alpha value is -1.03. The molecular formula is C17H20BrClN2. The highest BCUT2D eigenvalue weighted by molar-refractivity contribution is 9.10. The molecule has 2 aromatic rings. The van der Waals surface area contributed by atoms with Crippen molar-refractivity contribution in [1.82, 2.24) is 5.32 Å². The van der Waals surface area contributed by atoms with Gasteiger partial charge in [-0.05, 0) is 41.9 Å². The SMILES string of the molecule is CCNCc1ccc(Cl)cc1N(C)Cc1cccc(Br)c1. The molecule has 4 heteroatoms. The minimum Gasteiger partial charge on any atom is -0.370 e. The zero-order valence-electron chi connectivity index (χ0n) is 12.4. The van der Waals surface area contributed by atoms with E-state index in [1.165, 1.54) is 16.8 Å². The molecule has 21 heavy (non-hydrogen) atoms. The maximum absolute atomic E-state index is 6.17. The van der Waals surface area contributed by atoms with Crippen LogP contribution in [0.4, 0.5) is 5.69 Å². The normalized spacial score (nSPS) is 10.7. The third-order valence-corrected chi connectivity index (χ3v) is 4.06. The van der Waals surface area contributed by atoms with Gasteiger partial charge in [0.2, 0.25) is 0 Å². The fourth-order valence-electron chi connectivity index (χ4n) is 2.30. The molecule has 0 bridgehead atoms. The molecule has 0 unspecified atom stereocenters. The monoisotopic (exact) mass is 366 g/mol. The Kier molecular flexibility index (Phi) is 6.09. The van der Waals surface area contributed by atoms with Gasteiger partial charge < -0.3 is 10.2 Å². The molecule has 2 aromatic carbocycles. The number of nitrogens with one attached hydrogen (secondary N) is 1. The van der Waals surface area contributed by atoms with E-state index in [1.54, 1.807) is 0 Å². The standard InChI is InChI=1S/C17H20BrClN2/c1-3-20-11-14-7-8-16(19)10-17(14)21(2)12-13-5-4-6-15(18)9-13/h4-10,20H,3,11-12H2,1-2H3. The van der Waals surface area contributed by atoms with E-state index in [1.807, 2.05) is 18.2 Å². The van der Waals surface area contributed by atoms with Gasteiger partial charge in [0.15, 0.2) is 0 Å². The molecular weight excluding hydrogens is 348 g/mol. The quantitative estimate of drug-likeness (QED) is 0.785.